The second kappa shape index (κ2) is 14.1. The number of unbranched alkanes of at least 4 members (excludes halogenated alkanes) is 1. The van der Waals surface area contributed by atoms with Crippen molar-refractivity contribution in [2.45, 2.75) is 51.0 Å². The predicted octanol–water partition coefficient (Wildman–Crippen LogP) is 7.25. The number of piperazine rings is 1. The summed E-state index contributed by atoms with van der Waals surface area (Å²) in [5, 5.41) is 4.55. The van der Waals surface area contributed by atoms with Crippen molar-refractivity contribution in [1.82, 2.24) is 9.88 Å². The van der Waals surface area contributed by atoms with E-state index in [0.29, 0.717) is 12.5 Å². The van der Waals surface area contributed by atoms with Crippen molar-refractivity contribution in [2.24, 2.45) is 0 Å². The molecule has 9 heteroatoms. The Kier molecular flexibility index (Phi) is 9.57. The third-order valence-corrected chi connectivity index (χ3v) is 9.04. The molecule has 0 spiro atoms. The molecule has 222 valence electrons. The molecule has 1 aliphatic heterocycles. The molecule has 8 nitrogen and oxygen atoms in total. The predicted molar refractivity (Wildman–Crippen MR) is 167 cm³/mol. The van der Waals surface area contributed by atoms with Crippen molar-refractivity contribution in [3.63, 3.8) is 0 Å². The first-order valence-electron chi connectivity index (χ1n) is 15.1. The number of benzene rings is 2. The Labute approximate surface area is 251 Å². The van der Waals surface area contributed by atoms with Crippen molar-refractivity contribution in [2.75, 3.05) is 51.0 Å². The van der Waals surface area contributed by atoms with Gasteiger partial charge in [0.05, 0.1) is 12.1 Å². The SMILES string of the molecule is O=C(OCOc1ccc2ccc(OCCCCN3CCN(c4cccc5sccc45)CC3)cc2n1)OC1CCCCC1. The van der Waals surface area contributed by atoms with E-state index in [-0.39, 0.29) is 12.9 Å². The number of rotatable bonds is 11. The Hall–Kier alpha value is -3.56. The Morgan fingerprint density at radius 2 is 1.79 bits per heavy atom. The number of carbonyl (C=O) groups is 1. The molecule has 2 aromatic heterocycles. The van der Waals surface area contributed by atoms with Gasteiger partial charge in [-0.25, -0.2) is 9.78 Å². The maximum Gasteiger partial charge on any atom is 0.511 e. The molecule has 0 atom stereocenters. The molecule has 0 bridgehead atoms. The molecule has 2 aliphatic rings. The molecule has 42 heavy (non-hydrogen) atoms. The maximum atomic E-state index is 11.9. The van der Waals surface area contributed by atoms with Crippen LogP contribution in [0, 0.1) is 0 Å². The van der Waals surface area contributed by atoms with E-state index < -0.39 is 6.16 Å². The first kappa shape index (κ1) is 28.6. The molecule has 2 aromatic carbocycles. The lowest BCUT2D eigenvalue weighted by Crippen LogP contribution is -2.46. The summed E-state index contributed by atoms with van der Waals surface area (Å²) in [5.74, 6) is 1.17. The molecule has 0 radical (unpaired) electrons. The number of ether oxygens (including phenoxy) is 4. The van der Waals surface area contributed by atoms with Gasteiger partial charge in [-0.3, -0.25) is 4.90 Å². The number of pyridine rings is 1. The van der Waals surface area contributed by atoms with Gasteiger partial charge in [-0.05, 0) is 86.8 Å². The van der Waals surface area contributed by atoms with Crippen molar-refractivity contribution >= 4 is 44.2 Å². The Balaban J connectivity index is 0.894. The molecule has 1 saturated heterocycles. The van der Waals surface area contributed by atoms with E-state index in [2.05, 4.69) is 44.4 Å². The fourth-order valence-corrected chi connectivity index (χ4v) is 6.64. The lowest BCUT2D eigenvalue weighted by atomic mass is 9.98. The summed E-state index contributed by atoms with van der Waals surface area (Å²) in [5.41, 5.74) is 2.14. The number of carbonyl (C=O) groups excluding carboxylic acids is 1. The molecule has 1 saturated carbocycles. The van der Waals surface area contributed by atoms with E-state index in [1.54, 1.807) is 6.07 Å². The number of nitrogens with zero attached hydrogens (tertiary/aromatic N) is 3. The molecule has 4 aromatic rings. The summed E-state index contributed by atoms with van der Waals surface area (Å²) < 4.78 is 23.4. The molecule has 2 fully saturated rings. The summed E-state index contributed by atoms with van der Waals surface area (Å²) in [4.78, 5) is 21.6. The van der Waals surface area contributed by atoms with Gasteiger partial charge in [-0.15, -0.1) is 11.3 Å². The second-order valence-corrected chi connectivity index (χ2v) is 12.0. The molecule has 6 rings (SSSR count). The van der Waals surface area contributed by atoms with Crippen LogP contribution in [0.5, 0.6) is 11.6 Å². The minimum absolute atomic E-state index is 0.0444. The molecule has 1 aliphatic carbocycles. The largest absolute Gasteiger partial charge is 0.511 e. The minimum atomic E-state index is -0.687. The third-order valence-electron chi connectivity index (χ3n) is 8.16. The number of hydrogen-bond acceptors (Lipinski definition) is 9. The number of thiophene rings is 1. The standard InChI is InChI=1S/C33H39N3O5S/c37-33(41-26-7-2-1-3-8-26)40-24-39-32-14-12-25-11-13-27(23-29(25)34-32)38-21-5-4-16-35-17-19-36(20-18-35)30-9-6-10-31-28(30)15-22-42-31/h6,9-15,22-23,26H,1-5,7-8,16-21,24H2. The van der Waals surface area contributed by atoms with Crippen LogP contribution in [-0.4, -0.2) is 68.3 Å². The zero-order valence-corrected chi connectivity index (χ0v) is 24.9. The van der Waals surface area contributed by atoms with Gasteiger partial charge >= 0.3 is 6.16 Å². The van der Waals surface area contributed by atoms with Gasteiger partial charge in [0.25, 0.3) is 0 Å². The first-order chi connectivity index (χ1) is 20.7. The van der Waals surface area contributed by atoms with Gasteiger partial charge in [-0.1, -0.05) is 12.5 Å². The van der Waals surface area contributed by atoms with Crippen molar-refractivity contribution in [3.8, 4) is 11.6 Å². The van der Waals surface area contributed by atoms with Crippen LogP contribution in [0.25, 0.3) is 21.0 Å². The number of anilines is 1. The lowest BCUT2D eigenvalue weighted by Gasteiger charge is -2.36. The number of aromatic nitrogens is 1. The van der Waals surface area contributed by atoms with Crippen LogP contribution < -0.4 is 14.4 Å². The van der Waals surface area contributed by atoms with Gasteiger partial charge in [-0.2, -0.15) is 0 Å². The summed E-state index contributed by atoms with van der Waals surface area (Å²) in [6.45, 7) is 5.84. The van der Waals surface area contributed by atoms with Crippen LogP contribution in [0.2, 0.25) is 0 Å². The van der Waals surface area contributed by atoms with E-state index in [1.165, 1.54) is 22.2 Å². The van der Waals surface area contributed by atoms with Crippen molar-refractivity contribution in [1.29, 1.82) is 0 Å². The minimum Gasteiger partial charge on any atom is -0.494 e. The molecule has 0 N–H and O–H groups in total. The molecular formula is C33H39N3O5S. The molecule has 3 heterocycles. The van der Waals surface area contributed by atoms with Crippen LogP contribution in [0.3, 0.4) is 0 Å². The van der Waals surface area contributed by atoms with E-state index in [4.69, 9.17) is 18.9 Å². The van der Waals surface area contributed by atoms with E-state index in [0.717, 1.165) is 87.9 Å². The van der Waals surface area contributed by atoms with Crippen LogP contribution in [0.15, 0.2) is 60.0 Å². The van der Waals surface area contributed by atoms with Gasteiger partial charge in [0.1, 0.15) is 11.9 Å². The smallest absolute Gasteiger partial charge is 0.494 e. The van der Waals surface area contributed by atoms with Gasteiger partial charge in [0.2, 0.25) is 12.7 Å². The Morgan fingerprint density at radius 1 is 0.929 bits per heavy atom. The van der Waals surface area contributed by atoms with E-state index in [9.17, 15) is 4.79 Å². The topological polar surface area (TPSA) is 73.4 Å². The van der Waals surface area contributed by atoms with Gasteiger partial charge in [0, 0.05) is 59.5 Å². The Bertz CT molecular complexity index is 1460. The van der Waals surface area contributed by atoms with Gasteiger partial charge < -0.3 is 23.8 Å². The van der Waals surface area contributed by atoms with Gasteiger partial charge in [0.15, 0.2) is 0 Å². The quantitative estimate of drug-likeness (QED) is 0.103. The monoisotopic (exact) mass is 589 g/mol. The summed E-state index contributed by atoms with van der Waals surface area (Å²) in [6.07, 6.45) is 6.55. The van der Waals surface area contributed by atoms with Crippen LogP contribution >= 0.6 is 11.3 Å². The highest BCUT2D eigenvalue weighted by molar-refractivity contribution is 7.17. The molecule has 0 unspecified atom stereocenters. The highest BCUT2D eigenvalue weighted by Crippen LogP contribution is 2.31. The van der Waals surface area contributed by atoms with Crippen LogP contribution in [0.1, 0.15) is 44.9 Å². The molecule has 0 amide bonds. The van der Waals surface area contributed by atoms with Crippen LogP contribution in [-0.2, 0) is 9.47 Å². The summed E-state index contributed by atoms with van der Waals surface area (Å²) >= 11 is 1.81. The third kappa shape index (κ3) is 7.44. The fourth-order valence-electron chi connectivity index (χ4n) is 5.83. The average Bonchev–Trinajstić information content (AvgIpc) is 3.51. The van der Waals surface area contributed by atoms with Crippen LogP contribution in [0.4, 0.5) is 10.5 Å². The van der Waals surface area contributed by atoms with Crippen molar-refractivity contribution < 1.29 is 23.7 Å². The zero-order chi connectivity index (χ0) is 28.6. The molecular weight excluding hydrogens is 550 g/mol. The number of hydrogen-bond donors (Lipinski definition) is 0. The maximum absolute atomic E-state index is 11.9. The van der Waals surface area contributed by atoms with E-state index >= 15 is 0 Å². The summed E-state index contributed by atoms with van der Waals surface area (Å²) in [6, 6.07) is 18.5. The average molecular weight is 590 g/mol. The normalized spacial score (nSPS) is 16.5. The van der Waals surface area contributed by atoms with E-state index in [1.807, 2.05) is 35.6 Å². The zero-order valence-electron chi connectivity index (χ0n) is 24.0. The summed E-state index contributed by atoms with van der Waals surface area (Å²) in [7, 11) is 0. The van der Waals surface area contributed by atoms with Crippen molar-refractivity contribution in [3.05, 3.63) is 60.0 Å². The number of fused-ring (bicyclic) bond motifs is 2. The highest BCUT2D eigenvalue weighted by atomic mass is 32.1. The second-order valence-electron chi connectivity index (χ2n) is 11.0. The fraction of sp³-hybridized carbons (Fsp3) is 0.455. The Morgan fingerprint density at radius 3 is 2.67 bits per heavy atom. The first-order valence-corrected chi connectivity index (χ1v) is 16.0. The highest BCUT2D eigenvalue weighted by Gasteiger charge is 2.20. The lowest BCUT2D eigenvalue weighted by molar-refractivity contribution is -0.0234.